The first kappa shape index (κ1) is 17.9. The van der Waals surface area contributed by atoms with Crippen molar-refractivity contribution < 1.29 is 14.6 Å². The van der Waals surface area contributed by atoms with Crippen molar-refractivity contribution in [3.63, 3.8) is 0 Å². The molecule has 0 saturated heterocycles. The normalized spacial score (nSPS) is 11.8. The zero-order chi connectivity index (χ0) is 20.7. The molecule has 0 aliphatic heterocycles. The fourth-order valence-electron chi connectivity index (χ4n) is 3.73. The summed E-state index contributed by atoms with van der Waals surface area (Å²) in [7, 11) is 0. The van der Waals surface area contributed by atoms with E-state index in [1.54, 1.807) is 23.5 Å². The number of hydrogen-bond donors (Lipinski definition) is 2. The number of fused-ring (bicyclic) bond motifs is 2. The summed E-state index contributed by atoms with van der Waals surface area (Å²) in [6.07, 6.45) is 0. The van der Waals surface area contributed by atoms with Gasteiger partial charge in [-0.15, -0.1) is 5.11 Å². The molecule has 0 atom stereocenters. The van der Waals surface area contributed by atoms with Crippen molar-refractivity contribution in [1.29, 1.82) is 0 Å². The molecule has 2 aromatic heterocycles. The highest BCUT2D eigenvalue weighted by molar-refractivity contribution is 6.11. The fourth-order valence-corrected chi connectivity index (χ4v) is 3.73. The third-order valence-electron chi connectivity index (χ3n) is 5.00. The first-order valence-electron chi connectivity index (χ1n) is 9.59. The van der Waals surface area contributed by atoms with Crippen LogP contribution in [0.4, 0.5) is 11.4 Å². The van der Waals surface area contributed by atoms with Crippen LogP contribution in [-0.2, 0) is 4.74 Å². The number of nitrogens with zero attached hydrogens (tertiary/aromatic N) is 3. The molecule has 0 unspecified atom stereocenters. The number of rotatable bonds is 4. The zero-order valence-electron chi connectivity index (χ0n) is 16.2. The van der Waals surface area contributed by atoms with Crippen LogP contribution in [-0.4, -0.2) is 27.1 Å². The molecule has 0 spiro atoms. The third kappa shape index (κ3) is 2.71. The minimum Gasteiger partial charge on any atom is -0.493 e. The Labute approximate surface area is 171 Å². The Morgan fingerprint density at radius 1 is 1.03 bits per heavy atom. The second-order valence-corrected chi connectivity index (χ2v) is 6.79. The highest BCUT2D eigenvalue weighted by Crippen LogP contribution is 2.41. The number of nitrogens with one attached hydrogen (secondary N) is 1. The average Bonchev–Trinajstić information content (AvgIpc) is 3.05. The van der Waals surface area contributed by atoms with E-state index in [2.05, 4.69) is 15.2 Å². The summed E-state index contributed by atoms with van der Waals surface area (Å²) in [6, 6.07) is 20.8. The Balaban J connectivity index is 1.86. The minimum atomic E-state index is -0.581. The summed E-state index contributed by atoms with van der Waals surface area (Å²) in [5, 5.41) is 21.5. The number of carbonyl (C=O) groups is 1. The maximum atomic E-state index is 12.8. The van der Waals surface area contributed by atoms with Gasteiger partial charge in [-0.3, -0.25) is 4.40 Å². The molecule has 0 aliphatic rings. The number of benzene rings is 3. The summed E-state index contributed by atoms with van der Waals surface area (Å²) in [4.78, 5) is 16.1. The molecule has 5 rings (SSSR count). The number of esters is 1. The van der Waals surface area contributed by atoms with Gasteiger partial charge in [0.15, 0.2) is 5.69 Å². The summed E-state index contributed by atoms with van der Waals surface area (Å²) >= 11 is 0. The smallest absolute Gasteiger partial charge is 0.344 e. The van der Waals surface area contributed by atoms with Gasteiger partial charge in [-0.05, 0) is 36.6 Å². The standard InChI is InChI=1S/C23H18N4O3/c1-2-30-23(29)19-20(26-25-15-10-4-3-5-11-15)22(28)27-17-13-7-9-14-8-6-12-16(18(14)17)24-21(19)27/h3-13,24,28H,2H2,1H3. The van der Waals surface area contributed by atoms with E-state index in [1.165, 1.54) is 0 Å². The van der Waals surface area contributed by atoms with Crippen LogP contribution >= 0.6 is 0 Å². The molecular weight excluding hydrogens is 380 g/mol. The summed E-state index contributed by atoms with van der Waals surface area (Å²) in [5.41, 5.74) is 2.80. The van der Waals surface area contributed by atoms with Crippen LogP contribution < -0.4 is 0 Å². The summed E-state index contributed by atoms with van der Waals surface area (Å²) in [5.74, 6) is -0.759. The van der Waals surface area contributed by atoms with Gasteiger partial charge in [-0.2, -0.15) is 5.11 Å². The van der Waals surface area contributed by atoms with E-state index in [0.717, 1.165) is 21.8 Å². The summed E-state index contributed by atoms with van der Waals surface area (Å²) < 4.78 is 6.84. The van der Waals surface area contributed by atoms with Gasteiger partial charge in [0, 0.05) is 10.9 Å². The fraction of sp³-hybridized carbons (Fsp3) is 0.0870. The van der Waals surface area contributed by atoms with Gasteiger partial charge in [0.05, 0.1) is 17.8 Å². The van der Waals surface area contributed by atoms with Crippen LogP contribution in [0.1, 0.15) is 17.3 Å². The maximum absolute atomic E-state index is 12.8. The number of aromatic nitrogens is 2. The molecular formula is C23H18N4O3. The Kier molecular flexibility index (Phi) is 4.21. The molecule has 7 heteroatoms. The van der Waals surface area contributed by atoms with Crippen molar-refractivity contribution in [1.82, 2.24) is 9.38 Å². The Bertz CT molecular complexity index is 1430. The number of aromatic hydroxyl groups is 1. The van der Waals surface area contributed by atoms with Gasteiger partial charge in [0.2, 0.25) is 5.88 Å². The van der Waals surface area contributed by atoms with E-state index in [-0.39, 0.29) is 23.7 Å². The molecule has 2 N–H and O–H groups in total. The number of ether oxygens (including phenoxy) is 1. The number of hydrogen-bond acceptors (Lipinski definition) is 5. The van der Waals surface area contributed by atoms with Gasteiger partial charge in [-0.1, -0.05) is 42.5 Å². The van der Waals surface area contributed by atoms with Crippen molar-refractivity contribution >= 4 is 44.8 Å². The van der Waals surface area contributed by atoms with Crippen LogP contribution in [0.3, 0.4) is 0 Å². The van der Waals surface area contributed by atoms with E-state index < -0.39 is 5.97 Å². The second-order valence-electron chi connectivity index (χ2n) is 6.79. The lowest BCUT2D eigenvalue weighted by Crippen LogP contribution is -2.05. The second kappa shape index (κ2) is 7.04. The molecule has 30 heavy (non-hydrogen) atoms. The molecule has 3 aromatic carbocycles. The zero-order valence-corrected chi connectivity index (χ0v) is 16.2. The van der Waals surface area contributed by atoms with Crippen molar-refractivity contribution in [3.8, 4) is 5.88 Å². The lowest BCUT2D eigenvalue weighted by atomic mass is 10.1. The molecule has 0 aliphatic carbocycles. The number of carbonyl (C=O) groups excluding carboxylic acids is 1. The Morgan fingerprint density at radius 2 is 1.80 bits per heavy atom. The lowest BCUT2D eigenvalue weighted by Gasteiger charge is -2.10. The molecule has 0 amide bonds. The molecule has 0 radical (unpaired) electrons. The van der Waals surface area contributed by atoms with Gasteiger partial charge in [0.25, 0.3) is 0 Å². The van der Waals surface area contributed by atoms with Crippen LogP contribution in [0.25, 0.3) is 27.5 Å². The Hall–Kier alpha value is -4.13. The number of aromatic amines is 1. The SMILES string of the molecule is CCOC(=O)c1c(N=Nc2ccccc2)c(O)n2c1[nH]c1cccc3cccc2c31. The van der Waals surface area contributed by atoms with E-state index in [4.69, 9.17) is 4.74 Å². The van der Waals surface area contributed by atoms with Gasteiger partial charge in [-0.25, -0.2) is 4.79 Å². The van der Waals surface area contributed by atoms with E-state index >= 15 is 0 Å². The van der Waals surface area contributed by atoms with Crippen molar-refractivity contribution in [3.05, 3.63) is 72.3 Å². The molecule has 0 bridgehead atoms. The Morgan fingerprint density at radius 3 is 2.57 bits per heavy atom. The van der Waals surface area contributed by atoms with Gasteiger partial charge >= 0.3 is 5.97 Å². The van der Waals surface area contributed by atoms with Crippen LogP contribution in [0.5, 0.6) is 5.88 Å². The van der Waals surface area contributed by atoms with Crippen LogP contribution in [0, 0.1) is 0 Å². The first-order valence-corrected chi connectivity index (χ1v) is 9.59. The topological polar surface area (TPSA) is 91.4 Å². The molecule has 0 saturated carbocycles. The highest BCUT2D eigenvalue weighted by Gasteiger charge is 2.27. The number of azo groups is 1. The van der Waals surface area contributed by atoms with Gasteiger partial charge < -0.3 is 14.8 Å². The average molecular weight is 398 g/mol. The van der Waals surface area contributed by atoms with Crippen molar-refractivity contribution in [2.45, 2.75) is 6.92 Å². The maximum Gasteiger partial charge on any atom is 0.344 e. The van der Waals surface area contributed by atoms with E-state index in [1.807, 2.05) is 54.6 Å². The highest BCUT2D eigenvalue weighted by atomic mass is 16.5. The molecule has 2 heterocycles. The number of H-pyrrole nitrogens is 1. The van der Waals surface area contributed by atoms with Crippen LogP contribution in [0.2, 0.25) is 0 Å². The molecule has 148 valence electrons. The largest absolute Gasteiger partial charge is 0.493 e. The van der Waals surface area contributed by atoms with Gasteiger partial charge in [0.1, 0.15) is 11.2 Å². The molecule has 7 nitrogen and oxygen atoms in total. The van der Waals surface area contributed by atoms with E-state index in [0.29, 0.717) is 11.3 Å². The van der Waals surface area contributed by atoms with Crippen molar-refractivity contribution in [2.24, 2.45) is 10.2 Å². The minimum absolute atomic E-state index is 0.0598. The third-order valence-corrected chi connectivity index (χ3v) is 5.00. The van der Waals surface area contributed by atoms with E-state index in [9.17, 15) is 9.90 Å². The quantitative estimate of drug-likeness (QED) is 0.293. The first-order chi connectivity index (χ1) is 14.7. The lowest BCUT2D eigenvalue weighted by molar-refractivity contribution is 0.0529. The van der Waals surface area contributed by atoms with Crippen LogP contribution in [0.15, 0.2) is 77.0 Å². The monoisotopic (exact) mass is 398 g/mol. The van der Waals surface area contributed by atoms with Crippen molar-refractivity contribution in [2.75, 3.05) is 6.61 Å². The predicted molar refractivity (Wildman–Crippen MR) is 115 cm³/mol. The predicted octanol–water partition coefficient (Wildman–Crippen LogP) is 5.87. The summed E-state index contributed by atoms with van der Waals surface area (Å²) in [6.45, 7) is 1.93. The molecule has 5 aromatic rings. The molecule has 0 fully saturated rings.